The van der Waals surface area contributed by atoms with Gasteiger partial charge in [0.05, 0.1) is 0 Å². The van der Waals surface area contributed by atoms with Crippen LogP contribution in [0.3, 0.4) is 0 Å². The van der Waals surface area contributed by atoms with E-state index in [-0.39, 0.29) is 5.91 Å². The molecule has 1 amide bonds. The molecule has 2 fully saturated rings. The number of hydrogen-bond donors (Lipinski definition) is 1. The van der Waals surface area contributed by atoms with E-state index in [2.05, 4.69) is 19.2 Å². The molecule has 0 aromatic heterocycles. The summed E-state index contributed by atoms with van der Waals surface area (Å²) in [5.41, 5.74) is 0. The molecule has 2 saturated carbocycles. The van der Waals surface area contributed by atoms with Crippen molar-refractivity contribution in [3.63, 3.8) is 0 Å². The minimum absolute atomic E-state index is 0.243. The molecule has 2 bridgehead atoms. The first-order valence-corrected chi connectivity index (χ1v) is 6.50. The Morgan fingerprint density at radius 2 is 2.20 bits per heavy atom. The van der Waals surface area contributed by atoms with E-state index in [9.17, 15) is 4.79 Å². The van der Waals surface area contributed by atoms with Crippen LogP contribution in [-0.2, 0) is 4.79 Å². The summed E-state index contributed by atoms with van der Waals surface area (Å²) in [6.45, 7) is 4.25. The zero-order chi connectivity index (χ0) is 10.8. The predicted molar refractivity (Wildman–Crippen MR) is 61.5 cm³/mol. The van der Waals surface area contributed by atoms with Crippen LogP contribution < -0.4 is 5.32 Å². The van der Waals surface area contributed by atoms with Crippen LogP contribution in [0.15, 0.2) is 0 Å². The van der Waals surface area contributed by atoms with Crippen molar-refractivity contribution in [2.75, 3.05) is 0 Å². The van der Waals surface area contributed by atoms with Gasteiger partial charge in [0.2, 0.25) is 5.91 Å². The van der Waals surface area contributed by atoms with Crippen molar-refractivity contribution in [3.8, 4) is 0 Å². The zero-order valence-electron chi connectivity index (χ0n) is 9.96. The third kappa shape index (κ3) is 2.35. The van der Waals surface area contributed by atoms with Gasteiger partial charge in [-0.15, -0.1) is 0 Å². The Morgan fingerprint density at radius 1 is 1.40 bits per heavy atom. The highest BCUT2D eigenvalue weighted by molar-refractivity contribution is 5.76. The third-order valence-electron chi connectivity index (χ3n) is 4.30. The lowest BCUT2D eigenvalue weighted by molar-refractivity contribution is -0.122. The maximum Gasteiger partial charge on any atom is 0.220 e. The molecule has 2 rings (SSSR count). The Hall–Kier alpha value is -0.530. The van der Waals surface area contributed by atoms with Crippen LogP contribution in [0.25, 0.3) is 0 Å². The quantitative estimate of drug-likeness (QED) is 0.758. The van der Waals surface area contributed by atoms with Crippen molar-refractivity contribution in [1.82, 2.24) is 5.32 Å². The number of hydrogen-bond acceptors (Lipinski definition) is 1. The van der Waals surface area contributed by atoms with E-state index >= 15 is 0 Å². The molecule has 2 nitrogen and oxygen atoms in total. The first-order chi connectivity index (χ1) is 7.20. The van der Waals surface area contributed by atoms with Gasteiger partial charge in [-0.2, -0.15) is 0 Å². The minimum atomic E-state index is 0.243. The van der Waals surface area contributed by atoms with E-state index < -0.39 is 0 Å². The van der Waals surface area contributed by atoms with Crippen molar-refractivity contribution in [2.45, 2.75) is 58.4 Å². The molecule has 0 aromatic rings. The van der Waals surface area contributed by atoms with Gasteiger partial charge in [-0.3, -0.25) is 4.79 Å². The molecule has 0 spiro atoms. The maximum atomic E-state index is 11.5. The van der Waals surface area contributed by atoms with Crippen molar-refractivity contribution >= 4 is 5.91 Å². The molecule has 2 aliphatic rings. The van der Waals surface area contributed by atoms with Crippen LogP contribution in [0.2, 0.25) is 0 Å². The summed E-state index contributed by atoms with van der Waals surface area (Å²) >= 11 is 0. The number of amides is 1. The minimum Gasteiger partial charge on any atom is -0.353 e. The van der Waals surface area contributed by atoms with Crippen molar-refractivity contribution in [3.05, 3.63) is 0 Å². The standard InChI is InChI=1S/C13H23NO/c1-3-4-13(15)14-9(2)12-8-10-5-6-11(12)7-10/h9-12H,3-8H2,1-2H3,(H,14,15)/t9-,10+,11+,12+/m1/s1. The number of nitrogens with one attached hydrogen (secondary N) is 1. The van der Waals surface area contributed by atoms with Gasteiger partial charge >= 0.3 is 0 Å². The van der Waals surface area contributed by atoms with Crippen LogP contribution in [-0.4, -0.2) is 11.9 Å². The topological polar surface area (TPSA) is 29.1 Å². The van der Waals surface area contributed by atoms with Gasteiger partial charge in [-0.25, -0.2) is 0 Å². The molecule has 0 aromatic carbocycles. The fraction of sp³-hybridized carbons (Fsp3) is 0.923. The van der Waals surface area contributed by atoms with Crippen molar-refractivity contribution < 1.29 is 4.79 Å². The Labute approximate surface area is 92.8 Å². The Bertz CT molecular complexity index is 239. The molecule has 0 unspecified atom stereocenters. The van der Waals surface area contributed by atoms with Gasteiger partial charge in [-0.05, 0) is 50.4 Å². The first-order valence-electron chi connectivity index (χ1n) is 6.50. The summed E-state index contributed by atoms with van der Waals surface area (Å²) in [5, 5.41) is 3.17. The summed E-state index contributed by atoms with van der Waals surface area (Å²) in [5.74, 6) is 2.90. The second-order valence-electron chi connectivity index (χ2n) is 5.44. The summed E-state index contributed by atoms with van der Waals surface area (Å²) in [6.07, 6.45) is 7.28. The summed E-state index contributed by atoms with van der Waals surface area (Å²) in [4.78, 5) is 11.5. The second-order valence-corrected chi connectivity index (χ2v) is 5.44. The van der Waals surface area contributed by atoms with Gasteiger partial charge in [0.15, 0.2) is 0 Å². The monoisotopic (exact) mass is 209 g/mol. The molecule has 15 heavy (non-hydrogen) atoms. The third-order valence-corrected chi connectivity index (χ3v) is 4.30. The van der Waals surface area contributed by atoms with Gasteiger partial charge < -0.3 is 5.32 Å². The Balaban J connectivity index is 1.81. The number of carbonyl (C=O) groups excluding carboxylic acids is 1. The number of fused-ring (bicyclic) bond motifs is 2. The molecule has 86 valence electrons. The summed E-state index contributed by atoms with van der Waals surface area (Å²) in [7, 11) is 0. The normalized spacial score (nSPS) is 35.5. The lowest BCUT2D eigenvalue weighted by Crippen LogP contribution is -2.39. The van der Waals surface area contributed by atoms with Gasteiger partial charge in [0, 0.05) is 12.5 Å². The molecule has 2 heteroatoms. The van der Waals surface area contributed by atoms with E-state index in [1.165, 1.54) is 25.7 Å². The van der Waals surface area contributed by atoms with Crippen molar-refractivity contribution in [2.24, 2.45) is 17.8 Å². The molecule has 0 aliphatic heterocycles. The Kier molecular flexibility index (Phi) is 3.32. The van der Waals surface area contributed by atoms with Crippen molar-refractivity contribution in [1.29, 1.82) is 0 Å². The SMILES string of the molecule is CCCC(=O)N[C@H](C)[C@@H]1C[C@H]2CC[C@H]1C2. The van der Waals surface area contributed by atoms with E-state index in [0.29, 0.717) is 12.5 Å². The van der Waals surface area contributed by atoms with E-state index in [1.54, 1.807) is 0 Å². The lowest BCUT2D eigenvalue weighted by Gasteiger charge is -2.28. The van der Waals surface area contributed by atoms with Crippen LogP contribution in [0.1, 0.15) is 52.4 Å². The average Bonchev–Trinajstić information content (AvgIpc) is 2.78. The lowest BCUT2D eigenvalue weighted by atomic mass is 9.84. The molecule has 1 N–H and O–H groups in total. The van der Waals surface area contributed by atoms with Gasteiger partial charge in [0.25, 0.3) is 0 Å². The van der Waals surface area contributed by atoms with Crippen LogP contribution in [0.4, 0.5) is 0 Å². The maximum absolute atomic E-state index is 11.5. The predicted octanol–water partition coefficient (Wildman–Crippen LogP) is 2.73. The van der Waals surface area contributed by atoms with E-state index in [0.717, 1.165) is 24.2 Å². The van der Waals surface area contributed by atoms with Crippen LogP contribution in [0, 0.1) is 17.8 Å². The molecular weight excluding hydrogens is 186 g/mol. The second kappa shape index (κ2) is 4.54. The fourth-order valence-corrected chi connectivity index (χ4v) is 3.57. The largest absolute Gasteiger partial charge is 0.353 e. The highest BCUT2D eigenvalue weighted by Gasteiger charge is 2.41. The van der Waals surface area contributed by atoms with E-state index in [4.69, 9.17) is 0 Å². The smallest absolute Gasteiger partial charge is 0.220 e. The van der Waals surface area contributed by atoms with Crippen LogP contribution in [0.5, 0.6) is 0 Å². The summed E-state index contributed by atoms with van der Waals surface area (Å²) in [6, 6.07) is 0.402. The molecule has 0 heterocycles. The Morgan fingerprint density at radius 3 is 2.73 bits per heavy atom. The molecule has 4 atom stereocenters. The molecular formula is C13H23NO. The van der Waals surface area contributed by atoms with Gasteiger partial charge in [-0.1, -0.05) is 13.3 Å². The molecule has 0 saturated heterocycles. The average molecular weight is 209 g/mol. The highest BCUT2D eigenvalue weighted by Crippen LogP contribution is 2.49. The highest BCUT2D eigenvalue weighted by atomic mass is 16.1. The number of rotatable bonds is 4. The fourth-order valence-electron chi connectivity index (χ4n) is 3.57. The summed E-state index contributed by atoms with van der Waals surface area (Å²) < 4.78 is 0. The van der Waals surface area contributed by atoms with Crippen LogP contribution >= 0.6 is 0 Å². The number of carbonyl (C=O) groups is 1. The van der Waals surface area contributed by atoms with E-state index in [1.807, 2.05) is 0 Å². The molecule has 0 radical (unpaired) electrons. The molecule has 2 aliphatic carbocycles. The first kappa shape index (κ1) is 11.0. The zero-order valence-corrected chi connectivity index (χ0v) is 9.96. The van der Waals surface area contributed by atoms with Gasteiger partial charge in [0.1, 0.15) is 0 Å².